The van der Waals surface area contributed by atoms with Gasteiger partial charge in [0, 0.05) is 5.69 Å². The van der Waals surface area contributed by atoms with Crippen molar-refractivity contribution in [1.82, 2.24) is 8.75 Å². The summed E-state index contributed by atoms with van der Waals surface area (Å²) in [6.45, 7) is 1.97. The van der Waals surface area contributed by atoms with E-state index < -0.39 is 11.9 Å². The number of benzene rings is 1. The van der Waals surface area contributed by atoms with Crippen LogP contribution < -0.4 is 4.90 Å². The Labute approximate surface area is 141 Å². The van der Waals surface area contributed by atoms with Gasteiger partial charge in [-0.3, -0.25) is 0 Å². The minimum absolute atomic E-state index is 0.0207. The lowest BCUT2D eigenvalue weighted by molar-refractivity contribution is -0.140. The van der Waals surface area contributed by atoms with Crippen molar-refractivity contribution in [3.8, 4) is 0 Å². The average Bonchev–Trinajstić information content (AvgIpc) is 3.06. The van der Waals surface area contributed by atoms with Gasteiger partial charge in [0.05, 0.1) is 38.1 Å². The van der Waals surface area contributed by atoms with E-state index in [4.69, 9.17) is 14.2 Å². The standard InChI is InChI=1S/C15H15N3O5S/c1-8-4-10-11(17-24-16-10)5-12(8)18-7-23-6-9(14(19)21-2)13(18)15(20)22-3/h4-5H,6-7H2,1-3H3. The van der Waals surface area contributed by atoms with Crippen LogP contribution in [-0.2, 0) is 23.8 Å². The van der Waals surface area contributed by atoms with Crippen molar-refractivity contribution in [3.63, 3.8) is 0 Å². The van der Waals surface area contributed by atoms with E-state index in [0.717, 1.165) is 22.8 Å². The van der Waals surface area contributed by atoms with Gasteiger partial charge in [-0.1, -0.05) is 0 Å². The highest BCUT2D eigenvalue weighted by Crippen LogP contribution is 2.31. The Hall–Kier alpha value is -2.52. The van der Waals surface area contributed by atoms with Gasteiger partial charge in [-0.2, -0.15) is 8.75 Å². The van der Waals surface area contributed by atoms with E-state index in [1.807, 2.05) is 13.0 Å². The van der Waals surface area contributed by atoms with Crippen molar-refractivity contribution in [3.05, 3.63) is 29.0 Å². The normalized spacial score (nSPS) is 14.9. The van der Waals surface area contributed by atoms with Crippen LogP contribution in [0, 0.1) is 6.92 Å². The molecule has 0 fully saturated rings. The van der Waals surface area contributed by atoms with Crippen LogP contribution in [0.25, 0.3) is 11.0 Å². The van der Waals surface area contributed by atoms with E-state index in [1.165, 1.54) is 14.2 Å². The lowest BCUT2D eigenvalue weighted by atomic mass is 10.1. The lowest BCUT2D eigenvalue weighted by Crippen LogP contribution is -2.39. The third kappa shape index (κ3) is 2.72. The summed E-state index contributed by atoms with van der Waals surface area (Å²) < 4.78 is 23.5. The maximum atomic E-state index is 12.3. The van der Waals surface area contributed by atoms with E-state index in [-0.39, 0.29) is 24.6 Å². The quantitative estimate of drug-likeness (QED) is 0.768. The number of fused-ring (bicyclic) bond motifs is 1. The fourth-order valence-corrected chi connectivity index (χ4v) is 3.06. The molecule has 0 N–H and O–H groups in total. The number of anilines is 1. The molecular weight excluding hydrogens is 334 g/mol. The zero-order valence-electron chi connectivity index (χ0n) is 13.4. The highest BCUT2D eigenvalue weighted by atomic mass is 32.1. The molecule has 2 heterocycles. The Morgan fingerprint density at radius 1 is 1.17 bits per heavy atom. The highest BCUT2D eigenvalue weighted by molar-refractivity contribution is 7.00. The first-order valence-corrected chi connectivity index (χ1v) is 7.77. The molecule has 9 heteroatoms. The van der Waals surface area contributed by atoms with Gasteiger partial charge in [0.15, 0.2) is 0 Å². The Morgan fingerprint density at radius 3 is 2.50 bits per heavy atom. The second kappa shape index (κ2) is 6.54. The molecule has 1 aromatic carbocycles. The van der Waals surface area contributed by atoms with E-state index in [9.17, 15) is 9.59 Å². The molecule has 24 heavy (non-hydrogen) atoms. The van der Waals surface area contributed by atoms with Gasteiger partial charge >= 0.3 is 11.9 Å². The summed E-state index contributed by atoms with van der Waals surface area (Å²) in [6.07, 6.45) is 0. The van der Waals surface area contributed by atoms with Crippen LogP contribution in [0.4, 0.5) is 5.69 Å². The summed E-state index contributed by atoms with van der Waals surface area (Å²) >= 11 is 1.11. The zero-order chi connectivity index (χ0) is 17.3. The van der Waals surface area contributed by atoms with E-state index in [2.05, 4.69) is 8.75 Å². The van der Waals surface area contributed by atoms with Crippen LogP contribution in [0.2, 0.25) is 0 Å². The molecule has 1 aliphatic rings. The third-order valence-electron chi connectivity index (χ3n) is 3.70. The fourth-order valence-electron chi connectivity index (χ4n) is 2.55. The van der Waals surface area contributed by atoms with Crippen LogP contribution in [0.5, 0.6) is 0 Å². The summed E-state index contributed by atoms with van der Waals surface area (Å²) in [5.74, 6) is -1.26. The van der Waals surface area contributed by atoms with E-state index in [1.54, 1.807) is 11.0 Å². The zero-order valence-corrected chi connectivity index (χ0v) is 14.2. The van der Waals surface area contributed by atoms with Gasteiger partial charge in [-0.25, -0.2) is 9.59 Å². The number of ether oxygens (including phenoxy) is 3. The van der Waals surface area contributed by atoms with Crippen molar-refractivity contribution < 1.29 is 23.8 Å². The molecule has 126 valence electrons. The molecule has 0 saturated heterocycles. The molecular formula is C15H15N3O5S. The number of carbonyl (C=O) groups excluding carboxylic acids is 2. The van der Waals surface area contributed by atoms with Crippen LogP contribution in [0.1, 0.15) is 5.56 Å². The molecule has 8 nitrogen and oxygen atoms in total. The fraction of sp³-hybridized carbons (Fsp3) is 0.333. The SMILES string of the molecule is COC(=O)C1=C(C(=O)OC)N(c2cc3nsnc3cc2C)COC1. The maximum absolute atomic E-state index is 12.3. The average molecular weight is 349 g/mol. The molecule has 0 bridgehead atoms. The van der Waals surface area contributed by atoms with Crippen molar-refractivity contribution in [2.75, 3.05) is 32.5 Å². The van der Waals surface area contributed by atoms with E-state index in [0.29, 0.717) is 11.2 Å². The minimum Gasteiger partial charge on any atom is -0.466 e. The predicted molar refractivity (Wildman–Crippen MR) is 86.5 cm³/mol. The third-order valence-corrected chi connectivity index (χ3v) is 4.25. The topological polar surface area (TPSA) is 90.9 Å². The smallest absolute Gasteiger partial charge is 0.355 e. The molecule has 0 radical (unpaired) electrons. The summed E-state index contributed by atoms with van der Waals surface area (Å²) in [4.78, 5) is 25.9. The van der Waals surface area contributed by atoms with Crippen molar-refractivity contribution in [2.45, 2.75) is 6.92 Å². The first-order valence-electron chi connectivity index (χ1n) is 7.04. The summed E-state index contributed by atoms with van der Waals surface area (Å²) in [7, 11) is 2.51. The largest absolute Gasteiger partial charge is 0.466 e. The Kier molecular flexibility index (Phi) is 4.45. The number of carbonyl (C=O) groups is 2. The van der Waals surface area contributed by atoms with Crippen LogP contribution in [0.15, 0.2) is 23.4 Å². The molecule has 0 saturated carbocycles. The highest BCUT2D eigenvalue weighted by Gasteiger charge is 2.33. The molecule has 0 atom stereocenters. The summed E-state index contributed by atoms with van der Waals surface area (Å²) in [5, 5.41) is 0. The van der Waals surface area contributed by atoms with E-state index >= 15 is 0 Å². The molecule has 3 rings (SSSR count). The number of esters is 2. The monoisotopic (exact) mass is 349 g/mol. The molecule has 2 aromatic rings. The van der Waals surface area contributed by atoms with Crippen LogP contribution in [0.3, 0.4) is 0 Å². The number of hydrogen-bond donors (Lipinski definition) is 0. The molecule has 0 amide bonds. The van der Waals surface area contributed by atoms with Crippen molar-refractivity contribution in [2.24, 2.45) is 0 Å². The molecule has 1 aliphatic heterocycles. The van der Waals surface area contributed by atoms with Crippen molar-refractivity contribution in [1.29, 1.82) is 0 Å². The van der Waals surface area contributed by atoms with Crippen LogP contribution in [-0.4, -0.2) is 48.2 Å². The predicted octanol–water partition coefficient (Wildman–Crippen LogP) is 1.39. The Bertz CT molecular complexity index is 845. The van der Waals surface area contributed by atoms with Crippen LogP contribution >= 0.6 is 11.7 Å². The lowest BCUT2D eigenvalue weighted by Gasteiger charge is -2.32. The molecule has 1 aromatic heterocycles. The van der Waals surface area contributed by atoms with Gasteiger partial charge in [-0.05, 0) is 24.6 Å². The van der Waals surface area contributed by atoms with Gasteiger partial charge in [-0.15, -0.1) is 0 Å². The van der Waals surface area contributed by atoms with Gasteiger partial charge in [0.2, 0.25) is 0 Å². The molecule has 0 aliphatic carbocycles. The Morgan fingerprint density at radius 2 is 1.83 bits per heavy atom. The van der Waals surface area contributed by atoms with Gasteiger partial charge in [0.1, 0.15) is 23.5 Å². The molecule has 0 unspecified atom stereocenters. The number of rotatable bonds is 3. The number of hydrogen-bond acceptors (Lipinski definition) is 9. The second-order valence-electron chi connectivity index (χ2n) is 5.11. The van der Waals surface area contributed by atoms with Gasteiger partial charge < -0.3 is 19.1 Å². The second-order valence-corrected chi connectivity index (χ2v) is 5.64. The first kappa shape index (κ1) is 16.3. The summed E-state index contributed by atoms with van der Waals surface area (Å²) in [6, 6.07) is 3.68. The minimum atomic E-state index is -0.630. The van der Waals surface area contributed by atoms with Gasteiger partial charge in [0.25, 0.3) is 0 Å². The summed E-state index contributed by atoms with van der Waals surface area (Å²) in [5.41, 5.74) is 3.27. The maximum Gasteiger partial charge on any atom is 0.355 e. The number of aryl methyl sites for hydroxylation is 1. The number of methoxy groups -OCH3 is 2. The number of nitrogens with zero attached hydrogens (tertiary/aromatic N) is 3. The molecule has 0 spiro atoms. The number of aromatic nitrogens is 2. The first-order chi connectivity index (χ1) is 11.6. The van der Waals surface area contributed by atoms with Crippen molar-refractivity contribution >= 4 is 40.4 Å². The Balaban J connectivity index is 2.17.